The molecule has 7 heteroatoms. The van der Waals surface area contributed by atoms with Gasteiger partial charge in [-0.3, -0.25) is 0 Å². The molecule has 0 saturated carbocycles. The van der Waals surface area contributed by atoms with Crippen LogP contribution in [-0.2, 0) is 20.9 Å². The molecule has 0 unspecified atom stereocenters. The van der Waals surface area contributed by atoms with E-state index < -0.39 is 6.64 Å². The topological polar surface area (TPSA) is 21.7 Å². The highest BCUT2D eigenvalue weighted by Gasteiger charge is 2.27. The molecule has 0 radical (unpaired) electrons. The fraction of sp³-hybridized carbons (Fsp3) is 1.00. The predicted molar refractivity (Wildman–Crippen MR) is 68.0 cm³/mol. The Hall–Kier alpha value is 1.17. The van der Waals surface area contributed by atoms with Gasteiger partial charge in [-0.1, -0.05) is 6.92 Å². The summed E-state index contributed by atoms with van der Waals surface area (Å²) in [6, 6.07) is 0. The summed E-state index contributed by atoms with van der Waals surface area (Å²) in [5.74, 6) is 0. The first-order chi connectivity index (χ1) is 6.64. The van der Waals surface area contributed by atoms with E-state index in [0.29, 0.717) is 13.2 Å². The smallest absolute Gasteiger partial charge is 0.274 e. The third-order valence-corrected chi connectivity index (χ3v) is 6.82. The molecule has 0 bridgehead atoms. The molecule has 0 saturated heterocycles. The molecule has 0 aromatic rings. The molecule has 0 aromatic carbocycles. The highest BCUT2D eigenvalue weighted by atomic mass is 35.7. The predicted octanol–water partition coefficient (Wildman–Crippen LogP) is 3.80. The molecule has 0 aromatic heterocycles. The number of hydrogen-bond acceptors (Lipinski definition) is 4. The van der Waals surface area contributed by atoms with Gasteiger partial charge in [0.2, 0.25) is 0 Å². The van der Waals surface area contributed by atoms with Gasteiger partial charge in [-0.25, -0.2) is 0 Å². The summed E-state index contributed by atoms with van der Waals surface area (Å²) < 4.78 is 12.8. The molecule has 0 atom stereocenters. The van der Waals surface area contributed by atoms with E-state index in [1.54, 1.807) is 0 Å². The first-order valence-corrected chi connectivity index (χ1v) is 8.79. The van der Waals surface area contributed by atoms with Crippen LogP contribution in [0.4, 0.5) is 0 Å². The zero-order chi connectivity index (χ0) is 11.0. The van der Waals surface area contributed by atoms with Crippen LogP contribution in [0.5, 0.6) is 0 Å². The zero-order valence-electron chi connectivity index (χ0n) is 8.73. The fourth-order valence-corrected chi connectivity index (χ4v) is 5.59. The SMILES string of the molecule is CCCN(SCl)P(=S)(OCC)OCC. The molecule has 0 spiro atoms. The maximum atomic E-state index is 5.75. The second-order valence-electron chi connectivity index (χ2n) is 2.45. The molecule has 0 aliphatic heterocycles. The molecule has 0 heterocycles. The monoisotopic (exact) mass is 277 g/mol. The van der Waals surface area contributed by atoms with Crippen LogP contribution < -0.4 is 0 Å². The average molecular weight is 278 g/mol. The molecule has 0 aliphatic carbocycles. The van der Waals surface area contributed by atoms with Crippen molar-refractivity contribution in [1.82, 2.24) is 4.08 Å². The van der Waals surface area contributed by atoms with E-state index in [1.165, 1.54) is 0 Å². The van der Waals surface area contributed by atoms with Gasteiger partial charge in [0.25, 0.3) is 6.64 Å². The molecule has 86 valence electrons. The van der Waals surface area contributed by atoms with Crippen molar-refractivity contribution in [2.75, 3.05) is 19.8 Å². The van der Waals surface area contributed by atoms with Crippen molar-refractivity contribution >= 4 is 40.3 Å². The lowest BCUT2D eigenvalue weighted by atomic mass is 10.5. The van der Waals surface area contributed by atoms with Crippen molar-refractivity contribution in [3.63, 3.8) is 0 Å². The quantitative estimate of drug-likeness (QED) is 0.496. The zero-order valence-corrected chi connectivity index (χ0v) is 12.0. The third-order valence-electron chi connectivity index (χ3n) is 1.35. The standard InChI is InChI=1S/C7H17ClNO2PS2/c1-4-7-9(14-8)12(13,10-5-2)11-6-3/h4-7H2,1-3H3. The summed E-state index contributed by atoms with van der Waals surface area (Å²) in [5, 5.41) is 0. The maximum Gasteiger partial charge on any atom is 0.274 e. The summed E-state index contributed by atoms with van der Waals surface area (Å²) in [4.78, 5) is 0. The van der Waals surface area contributed by atoms with Gasteiger partial charge in [-0.05, 0) is 42.8 Å². The van der Waals surface area contributed by atoms with Gasteiger partial charge in [-0.2, -0.15) is 4.08 Å². The van der Waals surface area contributed by atoms with Crippen LogP contribution in [0.2, 0.25) is 0 Å². The van der Waals surface area contributed by atoms with Gasteiger partial charge in [0.15, 0.2) is 0 Å². The van der Waals surface area contributed by atoms with E-state index in [0.717, 1.165) is 24.1 Å². The van der Waals surface area contributed by atoms with Crippen LogP contribution >= 0.6 is 28.5 Å². The minimum absolute atomic E-state index is 0.551. The molecular weight excluding hydrogens is 261 g/mol. The van der Waals surface area contributed by atoms with Crippen molar-refractivity contribution in [2.45, 2.75) is 27.2 Å². The highest BCUT2D eigenvalue weighted by Crippen LogP contribution is 2.56. The second kappa shape index (κ2) is 8.34. The largest absolute Gasteiger partial charge is 0.318 e. The van der Waals surface area contributed by atoms with E-state index in [2.05, 4.69) is 6.92 Å². The van der Waals surface area contributed by atoms with Crippen LogP contribution in [0.1, 0.15) is 27.2 Å². The Bertz CT molecular complexity index is 187. The summed E-state index contributed by atoms with van der Waals surface area (Å²) in [7, 11) is 5.75. The normalized spacial score (nSPS) is 12.4. The Morgan fingerprint density at radius 2 is 1.79 bits per heavy atom. The lowest BCUT2D eigenvalue weighted by Crippen LogP contribution is -2.15. The van der Waals surface area contributed by atoms with E-state index >= 15 is 0 Å². The van der Waals surface area contributed by atoms with Crippen LogP contribution in [0.25, 0.3) is 0 Å². The Labute approximate surface area is 100 Å². The van der Waals surface area contributed by atoms with Crippen molar-refractivity contribution in [2.24, 2.45) is 0 Å². The number of nitrogens with zero attached hydrogens (tertiary/aromatic N) is 1. The Morgan fingerprint density at radius 1 is 1.29 bits per heavy atom. The van der Waals surface area contributed by atoms with Crippen molar-refractivity contribution < 1.29 is 9.05 Å². The van der Waals surface area contributed by atoms with Crippen molar-refractivity contribution in [3.05, 3.63) is 0 Å². The minimum atomic E-state index is -2.35. The van der Waals surface area contributed by atoms with Crippen molar-refractivity contribution in [1.29, 1.82) is 0 Å². The molecule has 0 rings (SSSR count). The summed E-state index contributed by atoms with van der Waals surface area (Å²) in [5.41, 5.74) is 0. The first kappa shape index (κ1) is 15.2. The Morgan fingerprint density at radius 3 is 2.07 bits per heavy atom. The molecule has 0 amide bonds. The number of rotatable bonds is 8. The summed E-state index contributed by atoms with van der Waals surface area (Å²) in [6.07, 6.45) is 0.970. The summed E-state index contributed by atoms with van der Waals surface area (Å²) in [6.45, 7) is 5.41. The lowest BCUT2D eigenvalue weighted by molar-refractivity contribution is 0.243. The molecule has 3 nitrogen and oxygen atoms in total. The summed E-state index contributed by atoms with van der Waals surface area (Å²) >= 11 is 6.46. The Kier molecular flexibility index (Phi) is 9.03. The number of hydrogen-bond donors (Lipinski definition) is 0. The molecule has 0 aliphatic rings. The minimum Gasteiger partial charge on any atom is -0.318 e. The van der Waals surface area contributed by atoms with Gasteiger partial charge in [-0.15, -0.1) is 0 Å². The highest BCUT2D eigenvalue weighted by molar-refractivity contribution is 8.25. The third kappa shape index (κ3) is 4.79. The van der Waals surface area contributed by atoms with Gasteiger partial charge in [0.1, 0.15) is 0 Å². The van der Waals surface area contributed by atoms with Crippen LogP contribution in [0.15, 0.2) is 0 Å². The van der Waals surface area contributed by atoms with Gasteiger partial charge < -0.3 is 9.05 Å². The van der Waals surface area contributed by atoms with E-state index in [9.17, 15) is 0 Å². The fourth-order valence-electron chi connectivity index (χ4n) is 0.878. The first-order valence-electron chi connectivity index (χ1n) is 4.60. The van der Waals surface area contributed by atoms with E-state index in [1.807, 2.05) is 17.9 Å². The lowest BCUT2D eigenvalue weighted by Gasteiger charge is -2.29. The molecular formula is C7H17ClNO2PS2. The van der Waals surface area contributed by atoms with Crippen LogP contribution in [-0.4, -0.2) is 23.8 Å². The van der Waals surface area contributed by atoms with Gasteiger partial charge >= 0.3 is 0 Å². The second-order valence-corrected chi connectivity index (χ2v) is 7.03. The molecule has 0 N–H and O–H groups in total. The van der Waals surface area contributed by atoms with Crippen LogP contribution in [0, 0.1) is 0 Å². The molecule has 14 heavy (non-hydrogen) atoms. The number of halogens is 1. The van der Waals surface area contributed by atoms with E-state index in [4.69, 9.17) is 31.5 Å². The van der Waals surface area contributed by atoms with E-state index in [-0.39, 0.29) is 0 Å². The molecule has 0 fully saturated rings. The maximum absolute atomic E-state index is 5.75. The van der Waals surface area contributed by atoms with Crippen molar-refractivity contribution in [3.8, 4) is 0 Å². The average Bonchev–Trinajstić information content (AvgIpc) is 2.14. The van der Waals surface area contributed by atoms with Crippen LogP contribution in [0.3, 0.4) is 0 Å². The van der Waals surface area contributed by atoms with Gasteiger partial charge in [0, 0.05) is 17.7 Å². The Balaban J connectivity index is 4.48. The van der Waals surface area contributed by atoms with Gasteiger partial charge in [0.05, 0.1) is 13.2 Å².